The molecule has 5 nitrogen and oxygen atoms in total. The molecular weight excluding hydrogens is 192 g/mol. The maximum atomic E-state index is 11.2. The van der Waals surface area contributed by atoms with Gasteiger partial charge in [-0.3, -0.25) is 4.79 Å². The van der Waals surface area contributed by atoms with Crippen LogP contribution >= 0.6 is 0 Å². The third kappa shape index (κ3) is 5.72. The largest absolute Gasteiger partial charge is 0.370 e. The molecule has 0 heterocycles. The minimum atomic E-state index is -0.148. The van der Waals surface area contributed by atoms with E-state index in [1.165, 1.54) is 0 Å². The Balaban J connectivity index is 4.02. The van der Waals surface area contributed by atoms with Crippen molar-refractivity contribution < 1.29 is 4.79 Å². The zero-order valence-corrected chi connectivity index (χ0v) is 9.49. The van der Waals surface area contributed by atoms with Gasteiger partial charge in [0.05, 0.1) is 0 Å². The molecule has 0 rings (SSSR count). The number of carbonyl (C=O) groups is 1. The molecule has 0 aliphatic carbocycles. The Hall–Kier alpha value is -1.52. The molecule has 0 atom stereocenters. The summed E-state index contributed by atoms with van der Waals surface area (Å²) in [5, 5.41) is 2.62. The van der Waals surface area contributed by atoms with Crippen LogP contribution in [0.5, 0.6) is 0 Å². The Labute approximate surface area is 91.0 Å². The van der Waals surface area contributed by atoms with Crippen LogP contribution in [0.25, 0.3) is 0 Å². The van der Waals surface area contributed by atoms with Gasteiger partial charge in [-0.1, -0.05) is 6.08 Å². The van der Waals surface area contributed by atoms with Crippen molar-refractivity contribution in [2.45, 2.75) is 13.8 Å². The molecule has 0 unspecified atom stereocenters. The fraction of sp³-hybridized carbons (Fsp3) is 0.600. The molecule has 1 amide bonds. The molecule has 15 heavy (non-hydrogen) atoms. The minimum Gasteiger partial charge on any atom is -0.370 e. The van der Waals surface area contributed by atoms with E-state index in [1.807, 2.05) is 18.7 Å². The van der Waals surface area contributed by atoms with E-state index in [-0.39, 0.29) is 12.5 Å². The molecule has 0 saturated heterocycles. The van der Waals surface area contributed by atoms with Crippen molar-refractivity contribution in [2.75, 3.05) is 26.2 Å². The molecular formula is C10H20N4O. The van der Waals surface area contributed by atoms with Crippen molar-refractivity contribution in [3.63, 3.8) is 0 Å². The fourth-order valence-electron chi connectivity index (χ4n) is 1.04. The highest BCUT2D eigenvalue weighted by molar-refractivity contribution is 5.84. The molecule has 5 heteroatoms. The van der Waals surface area contributed by atoms with Gasteiger partial charge in [0.1, 0.15) is 6.54 Å². The van der Waals surface area contributed by atoms with E-state index in [0.717, 1.165) is 13.1 Å². The second-order valence-corrected chi connectivity index (χ2v) is 2.94. The molecule has 0 aromatic rings. The van der Waals surface area contributed by atoms with Crippen molar-refractivity contribution in [3.8, 4) is 0 Å². The average molecular weight is 212 g/mol. The monoisotopic (exact) mass is 212 g/mol. The second-order valence-electron chi connectivity index (χ2n) is 2.94. The minimum absolute atomic E-state index is 0.0656. The molecule has 0 fully saturated rings. The van der Waals surface area contributed by atoms with Gasteiger partial charge in [0.15, 0.2) is 5.96 Å². The summed E-state index contributed by atoms with van der Waals surface area (Å²) in [6.07, 6.45) is 1.62. The molecule has 0 aliphatic heterocycles. The van der Waals surface area contributed by atoms with Crippen molar-refractivity contribution in [1.29, 1.82) is 0 Å². The highest BCUT2D eigenvalue weighted by Gasteiger charge is 2.03. The van der Waals surface area contributed by atoms with Gasteiger partial charge in [-0.2, -0.15) is 0 Å². The summed E-state index contributed by atoms with van der Waals surface area (Å²) in [6.45, 7) is 9.59. The van der Waals surface area contributed by atoms with E-state index < -0.39 is 0 Å². The summed E-state index contributed by atoms with van der Waals surface area (Å²) in [5.74, 6) is 0.263. The molecule has 86 valence electrons. The smallest absolute Gasteiger partial charge is 0.242 e. The first-order valence-electron chi connectivity index (χ1n) is 5.08. The Kier molecular flexibility index (Phi) is 7.05. The zero-order chi connectivity index (χ0) is 11.7. The number of amides is 1. The van der Waals surface area contributed by atoms with Gasteiger partial charge in [-0.25, -0.2) is 4.99 Å². The SMILES string of the molecule is C=CCNC(=O)CN=C(N)N(CC)CC. The number of aliphatic imine (C=N–C) groups is 1. The normalized spacial score (nSPS) is 10.9. The summed E-state index contributed by atoms with van der Waals surface area (Å²) in [7, 11) is 0. The van der Waals surface area contributed by atoms with Gasteiger partial charge in [-0.05, 0) is 13.8 Å². The number of hydrogen-bond acceptors (Lipinski definition) is 2. The average Bonchev–Trinajstić information content (AvgIpc) is 2.25. The number of guanidine groups is 1. The predicted molar refractivity (Wildman–Crippen MR) is 62.6 cm³/mol. The molecule has 0 aromatic carbocycles. The summed E-state index contributed by atoms with van der Waals surface area (Å²) >= 11 is 0. The van der Waals surface area contributed by atoms with Crippen LogP contribution in [0.2, 0.25) is 0 Å². The number of nitrogens with two attached hydrogens (primary N) is 1. The lowest BCUT2D eigenvalue weighted by Gasteiger charge is -2.19. The first-order valence-corrected chi connectivity index (χ1v) is 5.08. The van der Waals surface area contributed by atoms with Crippen LogP contribution in [0.3, 0.4) is 0 Å². The lowest BCUT2D eigenvalue weighted by molar-refractivity contribution is -0.119. The second kappa shape index (κ2) is 7.84. The Morgan fingerprint density at radius 2 is 2.13 bits per heavy atom. The quantitative estimate of drug-likeness (QED) is 0.368. The Bertz CT molecular complexity index is 234. The van der Waals surface area contributed by atoms with Gasteiger partial charge >= 0.3 is 0 Å². The van der Waals surface area contributed by atoms with Crippen LogP contribution in [0.4, 0.5) is 0 Å². The Morgan fingerprint density at radius 1 is 1.53 bits per heavy atom. The number of hydrogen-bond donors (Lipinski definition) is 2. The molecule has 0 aromatic heterocycles. The predicted octanol–water partition coefficient (Wildman–Crippen LogP) is -0.0549. The number of nitrogens with zero attached hydrogens (tertiary/aromatic N) is 2. The number of nitrogens with one attached hydrogen (secondary N) is 1. The standard InChI is InChI=1S/C10H20N4O/c1-4-7-12-9(15)8-13-10(11)14(5-2)6-3/h4H,1,5-8H2,2-3H3,(H2,11,13)(H,12,15). The molecule has 3 N–H and O–H groups in total. The maximum absolute atomic E-state index is 11.2. The summed E-state index contributed by atoms with van der Waals surface area (Å²) in [5.41, 5.74) is 5.69. The first kappa shape index (κ1) is 13.5. The van der Waals surface area contributed by atoms with Crippen LogP contribution in [0.15, 0.2) is 17.6 Å². The van der Waals surface area contributed by atoms with Gasteiger partial charge in [0.25, 0.3) is 0 Å². The molecule has 0 aliphatic rings. The van der Waals surface area contributed by atoms with E-state index in [4.69, 9.17) is 5.73 Å². The van der Waals surface area contributed by atoms with Gasteiger partial charge in [0.2, 0.25) is 5.91 Å². The van der Waals surface area contributed by atoms with Crippen LogP contribution < -0.4 is 11.1 Å². The summed E-state index contributed by atoms with van der Waals surface area (Å²) < 4.78 is 0. The zero-order valence-electron chi connectivity index (χ0n) is 9.49. The highest BCUT2D eigenvalue weighted by Crippen LogP contribution is 1.86. The molecule has 0 spiro atoms. The lowest BCUT2D eigenvalue weighted by Crippen LogP contribution is -2.38. The van der Waals surface area contributed by atoms with Crippen LogP contribution in [0, 0.1) is 0 Å². The van der Waals surface area contributed by atoms with Crippen molar-refractivity contribution in [1.82, 2.24) is 10.2 Å². The number of carbonyl (C=O) groups excluding carboxylic acids is 1. The van der Waals surface area contributed by atoms with Crippen LogP contribution in [-0.2, 0) is 4.79 Å². The summed E-state index contributed by atoms with van der Waals surface area (Å²) in [6, 6.07) is 0. The Morgan fingerprint density at radius 3 is 2.60 bits per heavy atom. The lowest BCUT2D eigenvalue weighted by atomic mass is 10.5. The maximum Gasteiger partial charge on any atom is 0.242 e. The third-order valence-corrected chi connectivity index (χ3v) is 1.92. The number of rotatable bonds is 6. The van der Waals surface area contributed by atoms with Gasteiger partial charge in [0, 0.05) is 19.6 Å². The van der Waals surface area contributed by atoms with E-state index in [9.17, 15) is 4.79 Å². The molecule has 0 radical (unpaired) electrons. The van der Waals surface area contributed by atoms with Crippen LogP contribution in [-0.4, -0.2) is 42.9 Å². The summed E-state index contributed by atoms with van der Waals surface area (Å²) in [4.78, 5) is 17.0. The van der Waals surface area contributed by atoms with E-state index in [0.29, 0.717) is 12.5 Å². The van der Waals surface area contributed by atoms with Crippen LogP contribution in [0.1, 0.15) is 13.8 Å². The van der Waals surface area contributed by atoms with E-state index >= 15 is 0 Å². The molecule has 0 bridgehead atoms. The van der Waals surface area contributed by atoms with Crippen molar-refractivity contribution in [3.05, 3.63) is 12.7 Å². The molecule has 0 saturated carbocycles. The fourth-order valence-corrected chi connectivity index (χ4v) is 1.04. The third-order valence-electron chi connectivity index (χ3n) is 1.92. The highest BCUT2D eigenvalue weighted by atomic mass is 16.1. The van der Waals surface area contributed by atoms with Crippen molar-refractivity contribution >= 4 is 11.9 Å². The van der Waals surface area contributed by atoms with Gasteiger partial charge in [-0.15, -0.1) is 6.58 Å². The van der Waals surface area contributed by atoms with E-state index in [2.05, 4.69) is 16.9 Å². The first-order chi connectivity index (χ1) is 7.15. The van der Waals surface area contributed by atoms with E-state index in [1.54, 1.807) is 6.08 Å². The topological polar surface area (TPSA) is 70.7 Å². The van der Waals surface area contributed by atoms with Gasteiger partial charge < -0.3 is 16.0 Å². The van der Waals surface area contributed by atoms with Crippen molar-refractivity contribution in [2.24, 2.45) is 10.7 Å².